The third-order valence-corrected chi connectivity index (χ3v) is 4.34. The van der Waals surface area contributed by atoms with Crippen LogP contribution in [0.25, 0.3) is 0 Å². The van der Waals surface area contributed by atoms with Crippen LogP contribution < -0.4 is 4.90 Å². The standard InChI is InChI=1S/C15H14F3N3O4/c1-25-13(23)9-3-2-6-20-11(9)12(22)21(14(20)24)8-4-5-10(19-7-8)15(16,17)18/h4-5,7,9,11H,2-3,6H2,1H3/t9-,11+/m0/s1. The van der Waals surface area contributed by atoms with Gasteiger partial charge in [0.15, 0.2) is 0 Å². The molecule has 2 aliphatic heterocycles. The Hall–Kier alpha value is -2.65. The summed E-state index contributed by atoms with van der Waals surface area (Å²) in [4.78, 5) is 42.4. The number of hydrogen-bond donors (Lipinski definition) is 0. The summed E-state index contributed by atoms with van der Waals surface area (Å²) >= 11 is 0. The zero-order valence-electron chi connectivity index (χ0n) is 13.1. The Morgan fingerprint density at radius 3 is 2.60 bits per heavy atom. The lowest BCUT2D eigenvalue weighted by molar-refractivity contribution is -0.150. The molecule has 7 nitrogen and oxygen atoms in total. The first-order valence-corrected chi connectivity index (χ1v) is 7.51. The van der Waals surface area contributed by atoms with E-state index in [1.807, 2.05) is 0 Å². The molecule has 25 heavy (non-hydrogen) atoms. The SMILES string of the molecule is COC(=O)[C@H]1CCCN2C(=O)N(c3ccc(C(F)(F)F)nc3)C(=O)[C@@H]12. The fourth-order valence-electron chi connectivity index (χ4n) is 3.19. The average Bonchev–Trinajstić information content (AvgIpc) is 2.85. The van der Waals surface area contributed by atoms with Crippen LogP contribution in [-0.2, 0) is 20.5 Å². The molecular weight excluding hydrogens is 343 g/mol. The number of fused-ring (bicyclic) bond motifs is 1. The molecule has 10 heteroatoms. The molecule has 0 aromatic carbocycles. The molecule has 2 fully saturated rings. The van der Waals surface area contributed by atoms with Gasteiger partial charge in [-0.15, -0.1) is 0 Å². The molecule has 3 amide bonds. The topological polar surface area (TPSA) is 79.8 Å². The Labute approximate surface area is 140 Å². The normalized spacial score (nSPS) is 23.7. The van der Waals surface area contributed by atoms with Crippen LogP contribution in [-0.4, -0.2) is 47.5 Å². The van der Waals surface area contributed by atoms with Gasteiger partial charge in [0.1, 0.15) is 11.7 Å². The molecule has 0 aliphatic carbocycles. The van der Waals surface area contributed by atoms with Gasteiger partial charge < -0.3 is 9.64 Å². The highest BCUT2D eigenvalue weighted by atomic mass is 19.4. The van der Waals surface area contributed by atoms with Crippen LogP contribution >= 0.6 is 0 Å². The summed E-state index contributed by atoms with van der Waals surface area (Å²) in [5.74, 6) is -2.05. The van der Waals surface area contributed by atoms with Crippen LogP contribution in [0.3, 0.4) is 0 Å². The van der Waals surface area contributed by atoms with Crippen LogP contribution in [0.4, 0.5) is 23.7 Å². The minimum atomic E-state index is -4.62. The van der Waals surface area contributed by atoms with Crippen molar-refractivity contribution in [3.05, 3.63) is 24.0 Å². The molecule has 0 bridgehead atoms. The summed E-state index contributed by atoms with van der Waals surface area (Å²) in [7, 11) is 1.19. The minimum absolute atomic E-state index is 0.0685. The molecule has 134 valence electrons. The van der Waals surface area contributed by atoms with E-state index in [1.54, 1.807) is 0 Å². The Morgan fingerprint density at radius 2 is 2.04 bits per heavy atom. The number of halogens is 3. The monoisotopic (exact) mass is 357 g/mol. The van der Waals surface area contributed by atoms with E-state index in [0.29, 0.717) is 18.9 Å². The second-order valence-corrected chi connectivity index (χ2v) is 5.77. The first-order valence-electron chi connectivity index (χ1n) is 7.51. The van der Waals surface area contributed by atoms with Crippen molar-refractivity contribution < 1.29 is 32.3 Å². The fourth-order valence-corrected chi connectivity index (χ4v) is 3.19. The van der Waals surface area contributed by atoms with Gasteiger partial charge in [-0.25, -0.2) is 14.7 Å². The molecular formula is C15H14F3N3O4. The van der Waals surface area contributed by atoms with E-state index in [0.717, 1.165) is 17.2 Å². The van der Waals surface area contributed by atoms with Gasteiger partial charge in [0, 0.05) is 6.54 Å². The molecule has 0 unspecified atom stereocenters. The van der Waals surface area contributed by atoms with Crippen molar-refractivity contribution in [3.63, 3.8) is 0 Å². The summed E-state index contributed by atoms with van der Waals surface area (Å²) in [5, 5.41) is 0. The molecule has 0 radical (unpaired) electrons. The van der Waals surface area contributed by atoms with Gasteiger partial charge in [-0.2, -0.15) is 13.2 Å². The lowest BCUT2D eigenvalue weighted by Crippen LogP contribution is -2.48. The summed E-state index contributed by atoms with van der Waals surface area (Å²) in [6.45, 7) is 0.285. The van der Waals surface area contributed by atoms with Crippen LogP contribution in [0.2, 0.25) is 0 Å². The van der Waals surface area contributed by atoms with Gasteiger partial charge in [-0.05, 0) is 25.0 Å². The lowest BCUT2D eigenvalue weighted by atomic mass is 9.89. The highest BCUT2D eigenvalue weighted by Crippen LogP contribution is 2.35. The van der Waals surface area contributed by atoms with Gasteiger partial charge in [0.25, 0.3) is 5.91 Å². The molecule has 2 atom stereocenters. The average molecular weight is 357 g/mol. The van der Waals surface area contributed by atoms with E-state index in [4.69, 9.17) is 4.74 Å². The quantitative estimate of drug-likeness (QED) is 0.596. The summed E-state index contributed by atoms with van der Waals surface area (Å²) in [5.41, 5.74) is -1.19. The lowest BCUT2D eigenvalue weighted by Gasteiger charge is -2.31. The molecule has 2 aliphatic rings. The molecule has 1 aromatic rings. The van der Waals surface area contributed by atoms with Crippen LogP contribution in [0.1, 0.15) is 18.5 Å². The van der Waals surface area contributed by atoms with Gasteiger partial charge >= 0.3 is 18.2 Å². The maximum absolute atomic E-state index is 12.7. The maximum atomic E-state index is 12.7. The predicted molar refractivity (Wildman–Crippen MR) is 77.4 cm³/mol. The first kappa shape index (κ1) is 17.2. The number of carbonyl (C=O) groups excluding carboxylic acids is 3. The van der Waals surface area contributed by atoms with E-state index in [2.05, 4.69) is 4.98 Å². The van der Waals surface area contributed by atoms with E-state index in [9.17, 15) is 27.6 Å². The van der Waals surface area contributed by atoms with Crippen molar-refractivity contribution in [2.45, 2.75) is 25.1 Å². The van der Waals surface area contributed by atoms with Gasteiger partial charge in [0.05, 0.1) is 24.9 Å². The Kier molecular flexibility index (Phi) is 4.13. The molecule has 0 saturated carbocycles. The third kappa shape index (κ3) is 2.81. The van der Waals surface area contributed by atoms with Gasteiger partial charge in [-0.1, -0.05) is 0 Å². The number of imide groups is 1. The number of ether oxygens (including phenoxy) is 1. The zero-order valence-corrected chi connectivity index (χ0v) is 13.1. The number of pyridine rings is 1. The Balaban J connectivity index is 1.92. The fraction of sp³-hybridized carbons (Fsp3) is 0.467. The van der Waals surface area contributed by atoms with Crippen molar-refractivity contribution in [2.24, 2.45) is 5.92 Å². The number of anilines is 1. The summed E-state index contributed by atoms with van der Waals surface area (Å²) < 4.78 is 42.5. The highest BCUT2D eigenvalue weighted by Gasteiger charge is 2.53. The number of methoxy groups -OCH3 is 1. The van der Waals surface area contributed by atoms with E-state index in [1.165, 1.54) is 12.0 Å². The van der Waals surface area contributed by atoms with Crippen molar-refractivity contribution >= 4 is 23.6 Å². The van der Waals surface area contributed by atoms with Crippen molar-refractivity contribution in [1.82, 2.24) is 9.88 Å². The third-order valence-electron chi connectivity index (χ3n) is 4.34. The molecule has 0 N–H and O–H groups in total. The number of carbonyl (C=O) groups is 3. The number of aromatic nitrogens is 1. The van der Waals surface area contributed by atoms with Crippen molar-refractivity contribution in [3.8, 4) is 0 Å². The van der Waals surface area contributed by atoms with Gasteiger partial charge in [-0.3, -0.25) is 9.59 Å². The number of piperidine rings is 1. The van der Waals surface area contributed by atoms with E-state index < -0.39 is 41.7 Å². The number of esters is 1. The number of hydrogen-bond acceptors (Lipinski definition) is 5. The number of rotatable bonds is 2. The molecule has 3 rings (SSSR count). The Bertz CT molecular complexity index is 720. The number of nitrogens with zero attached hydrogens (tertiary/aromatic N) is 3. The van der Waals surface area contributed by atoms with E-state index >= 15 is 0 Å². The molecule has 3 heterocycles. The van der Waals surface area contributed by atoms with E-state index in [-0.39, 0.29) is 12.2 Å². The largest absolute Gasteiger partial charge is 0.469 e. The molecule has 1 aromatic heterocycles. The molecule has 0 spiro atoms. The van der Waals surface area contributed by atoms with Gasteiger partial charge in [0.2, 0.25) is 0 Å². The molecule has 2 saturated heterocycles. The second kappa shape index (κ2) is 6.01. The number of urea groups is 1. The number of amides is 3. The van der Waals surface area contributed by atoms with Crippen LogP contribution in [0.5, 0.6) is 0 Å². The highest BCUT2D eigenvalue weighted by molar-refractivity contribution is 6.22. The smallest absolute Gasteiger partial charge is 0.433 e. The Morgan fingerprint density at radius 1 is 1.32 bits per heavy atom. The van der Waals surface area contributed by atoms with Crippen LogP contribution in [0, 0.1) is 5.92 Å². The number of alkyl halides is 3. The minimum Gasteiger partial charge on any atom is -0.469 e. The summed E-state index contributed by atoms with van der Waals surface area (Å²) in [6, 6.07) is 0.0310. The second-order valence-electron chi connectivity index (χ2n) is 5.77. The summed E-state index contributed by atoms with van der Waals surface area (Å²) in [6.07, 6.45) is -2.88. The predicted octanol–water partition coefficient (Wildman–Crippen LogP) is 1.82. The zero-order chi connectivity index (χ0) is 18.4. The van der Waals surface area contributed by atoms with Crippen LogP contribution in [0.15, 0.2) is 18.3 Å². The maximum Gasteiger partial charge on any atom is 0.433 e. The van der Waals surface area contributed by atoms with Crippen molar-refractivity contribution in [1.29, 1.82) is 0 Å². The first-order chi connectivity index (χ1) is 11.8. The van der Waals surface area contributed by atoms with Crippen molar-refractivity contribution in [2.75, 3.05) is 18.6 Å².